The molecule has 2 N–H and O–H groups in total. The third-order valence-electron chi connectivity index (χ3n) is 4.31. The number of hydrazine groups is 1. The van der Waals surface area contributed by atoms with Crippen molar-refractivity contribution >= 4 is 17.6 Å². The molecule has 2 amide bonds. The van der Waals surface area contributed by atoms with E-state index in [4.69, 9.17) is 4.42 Å². The van der Waals surface area contributed by atoms with Crippen LogP contribution in [0.5, 0.6) is 0 Å². The molecule has 142 valence electrons. The Morgan fingerprint density at radius 2 is 1.50 bits per heavy atom. The van der Waals surface area contributed by atoms with Gasteiger partial charge in [0.2, 0.25) is 5.91 Å². The van der Waals surface area contributed by atoms with E-state index in [0.717, 1.165) is 11.1 Å². The van der Waals surface area contributed by atoms with Gasteiger partial charge in [-0.1, -0.05) is 54.6 Å². The zero-order chi connectivity index (χ0) is 19.9. The molecule has 0 saturated carbocycles. The topological polar surface area (TPSA) is 88.4 Å². The SMILES string of the molecule is Cc1occc1C(=O)NNC(=O)CCC(=O)c1ccc(-c2ccccc2)cc1. The van der Waals surface area contributed by atoms with Gasteiger partial charge in [-0.3, -0.25) is 25.2 Å². The number of ketones is 1. The van der Waals surface area contributed by atoms with E-state index in [0.29, 0.717) is 16.9 Å². The largest absolute Gasteiger partial charge is 0.469 e. The highest BCUT2D eigenvalue weighted by Gasteiger charge is 2.13. The molecule has 0 aliphatic heterocycles. The van der Waals surface area contributed by atoms with Crippen LogP contribution in [-0.4, -0.2) is 17.6 Å². The number of hydrogen-bond donors (Lipinski definition) is 2. The van der Waals surface area contributed by atoms with Crippen molar-refractivity contribution in [3.63, 3.8) is 0 Å². The molecule has 0 radical (unpaired) electrons. The summed E-state index contributed by atoms with van der Waals surface area (Å²) in [6.45, 7) is 1.65. The Balaban J connectivity index is 1.47. The number of aryl methyl sites for hydroxylation is 1. The minimum atomic E-state index is -0.470. The number of benzene rings is 2. The Bertz CT molecular complexity index is 975. The molecule has 0 bridgehead atoms. The summed E-state index contributed by atoms with van der Waals surface area (Å²) in [5.41, 5.74) is 7.59. The van der Waals surface area contributed by atoms with Gasteiger partial charge >= 0.3 is 0 Å². The highest BCUT2D eigenvalue weighted by Crippen LogP contribution is 2.19. The van der Waals surface area contributed by atoms with Gasteiger partial charge in [0.1, 0.15) is 5.76 Å². The molecule has 1 aromatic heterocycles. The molecule has 3 rings (SSSR count). The number of hydrogen-bond acceptors (Lipinski definition) is 4. The third kappa shape index (κ3) is 4.73. The molecule has 1 heterocycles. The van der Waals surface area contributed by atoms with Crippen molar-refractivity contribution in [1.82, 2.24) is 10.9 Å². The zero-order valence-corrected chi connectivity index (χ0v) is 15.4. The first-order valence-corrected chi connectivity index (χ1v) is 8.86. The number of amides is 2. The summed E-state index contributed by atoms with van der Waals surface area (Å²) >= 11 is 0. The molecule has 0 saturated heterocycles. The lowest BCUT2D eigenvalue weighted by Crippen LogP contribution is -2.41. The summed E-state index contributed by atoms with van der Waals surface area (Å²) in [7, 11) is 0. The van der Waals surface area contributed by atoms with Crippen molar-refractivity contribution in [3.8, 4) is 11.1 Å². The number of nitrogens with one attached hydrogen (secondary N) is 2. The van der Waals surface area contributed by atoms with E-state index in [9.17, 15) is 14.4 Å². The minimum Gasteiger partial charge on any atom is -0.469 e. The lowest BCUT2D eigenvalue weighted by molar-refractivity contribution is -0.121. The van der Waals surface area contributed by atoms with Gasteiger partial charge in [-0.05, 0) is 24.1 Å². The predicted octanol–water partition coefficient (Wildman–Crippen LogP) is 3.68. The minimum absolute atomic E-state index is 0.0239. The third-order valence-corrected chi connectivity index (χ3v) is 4.31. The van der Waals surface area contributed by atoms with Crippen molar-refractivity contribution in [2.75, 3.05) is 0 Å². The number of rotatable bonds is 6. The van der Waals surface area contributed by atoms with E-state index >= 15 is 0 Å². The van der Waals surface area contributed by atoms with Crippen LogP contribution in [0.1, 0.15) is 39.3 Å². The summed E-state index contributed by atoms with van der Waals surface area (Å²) in [4.78, 5) is 36.0. The van der Waals surface area contributed by atoms with Crippen LogP contribution < -0.4 is 10.9 Å². The molecule has 3 aromatic rings. The van der Waals surface area contributed by atoms with E-state index in [1.807, 2.05) is 42.5 Å². The normalized spacial score (nSPS) is 10.3. The van der Waals surface area contributed by atoms with Gasteiger partial charge in [0.05, 0.1) is 11.8 Å². The van der Waals surface area contributed by atoms with Crippen LogP contribution in [0.4, 0.5) is 0 Å². The quantitative estimate of drug-likeness (QED) is 0.507. The fraction of sp³-hybridized carbons (Fsp3) is 0.136. The summed E-state index contributed by atoms with van der Waals surface area (Å²) in [6, 6.07) is 18.7. The van der Waals surface area contributed by atoms with E-state index in [1.165, 1.54) is 12.3 Å². The lowest BCUT2D eigenvalue weighted by atomic mass is 10.0. The first kappa shape index (κ1) is 19.1. The average molecular weight is 376 g/mol. The van der Waals surface area contributed by atoms with E-state index in [2.05, 4.69) is 10.9 Å². The van der Waals surface area contributed by atoms with Gasteiger partial charge in [0.15, 0.2) is 5.78 Å². The van der Waals surface area contributed by atoms with Crippen molar-refractivity contribution in [1.29, 1.82) is 0 Å². The Morgan fingerprint density at radius 3 is 2.14 bits per heavy atom. The molecule has 6 heteroatoms. The molecular formula is C22H20N2O4. The Morgan fingerprint density at radius 1 is 0.821 bits per heavy atom. The van der Waals surface area contributed by atoms with Crippen LogP contribution in [0.15, 0.2) is 71.3 Å². The van der Waals surface area contributed by atoms with Crippen LogP contribution in [0.3, 0.4) is 0 Å². The maximum atomic E-state index is 12.3. The summed E-state index contributed by atoms with van der Waals surface area (Å²) in [5.74, 6) is -0.584. The van der Waals surface area contributed by atoms with Crippen molar-refractivity contribution in [2.24, 2.45) is 0 Å². The molecular weight excluding hydrogens is 356 g/mol. The van der Waals surface area contributed by atoms with Crippen LogP contribution >= 0.6 is 0 Å². The Hall–Kier alpha value is -3.67. The van der Waals surface area contributed by atoms with Gasteiger partial charge in [-0.25, -0.2) is 0 Å². The van der Waals surface area contributed by atoms with Crippen LogP contribution in [0.25, 0.3) is 11.1 Å². The number of furan rings is 1. The van der Waals surface area contributed by atoms with E-state index in [-0.39, 0.29) is 18.6 Å². The van der Waals surface area contributed by atoms with E-state index < -0.39 is 11.8 Å². The smallest absolute Gasteiger partial charge is 0.273 e. The van der Waals surface area contributed by atoms with Crippen LogP contribution in [-0.2, 0) is 4.79 Å². The maximum absolute atomic E-state index is 12.3. The summed E-state index contributed by atoms with van der Waals surface area (Å²) in [6.07, 6.45) is 1.43. The molecule has 2 aromatic carbocycles. The van der Waals surface area contributed by atoms with Crippen LogP contribution in [0.2, 0.25) is 0 Å². The van der Waals surface area contributed by atoms with Crippen molar-refractivity contribution < 1.29 is 18.8 Å². The number of carbonyl (C=O) groups is 3. The predicted molar refractivity (Wildman–Crippen MR) is 104 cm³/mol. The standard InChI is InChI=1S/C22H20N2O4/c1-15-19(13-14-28-15)22(27)24-23-21(26)12-11-20(25)18-9-7-17(8-10-18)16-5-3-2-4-6-16/h2-10,13-14H,11-12H2,1H3,(H,23,26)(H,24,27). The molecule has 0 aliphatic rings. The number of carbonyl (C=O) groups excluding carboxylic acids is 3. The van der Waals surface area contributed by atoms with Gasteiger partial charge in [-0.15, -0.1) is 0 Å². The Kier molecular flexibility index (Phi) is 6.01. The van der Waals surface area contributed by atoms with Gasteiger partial charge in [0.25, 0.3) is 5.91 Å². The van der Waals surface area contributed by atoms with Crippen molar-refractivity contribution in [2.45, 2.75) is 19.8 Å². The molecule has 0 fully saturated rings. The Labute approximate surface area is 162 Å². The molecule has 0 atom stereocenters. The molecule has 28 heavy (non-hydrogen) atoms. The maximum Gasteiger partial charge on any atom is 0.273 e. The molecule has 0 spiro atoms. The van der Waals surface area contributed by atoms with Crippen molar-refractivity contribution in [3.05, 3.63) is 83.8 Å². The number of Topliss-reactive ketones (excluding diaryl/α,β-unsaturated/α-hetero) is 1. The highest BCUT2D eigenvalue weighted by molar-refractivity contribution is 5.99. The second-order valence-electron chi connectivity index (χ2n) is 6.26. The lowest BCUT2D eigenvalue weighted by Gasteiger charge is -2.07. The first-order chi connectivity index (χ1) is 13.5. The first-order valence-electron chi connectivity index (χ1n) is 8.86. The van der Waals surface area contributed by atoms with Gasteiger partial charge < -0.3 is 4.42 Å². The average Bonchev–Trinajstić information content (AvgIpc) is 3.17. The molecule has 0 unspecified atom stereocenters. The van der Waals surface area contributed by atoms with Gasteiger partial charge in [0, 0.05) is 18.4 Å². The van der Waals surface area contributed by atoms with E-state index in [1.54, 1.807) is 19.1 Å². The summed E-state index contributed by atoms with van der Waals surface area (Å²) < 4.78 is 5.04. The molecule has 6 nitrogen and oxygen atoms in total. The highest BCUT2D eigenvalue weighted by atomic mass is 16.3. The van der Waals surface area contributed by atoms with Crippen LogP contribution in [0, 0.1) is 6.92 Å². The van der Waals surface area contributed by atoms with Gasteiger partial charge in [-0.2, -0.15) is 0 Å². The second kappa shape index (κ2) is 8.81. The summed E-state index contributed by atoms with van der Waals surface area (Å²) in [5, 5.41) is 0. The fourth-order valence-electron chi connectivity index (χ4n) is 2.73. The second-order valence-corrected chi connectivity index (χ2v) is 6.26. The monoisotopic (exact) mass is 376 g/mol. The molecule has 0 aliphatic carbocycles. The zero-order valence-electron chi connectivity index (χ0n) is 15.4. The fourth-order valence-corrected chi connectivity index (χ4v) is 2.73.